The van der Waals surface area contributed by atoms with Gasteiger partial charge in [0.1, 0.15) is 80.5 Å². The van der Waals surface area contributed by atoms with Crippen molar-refractivity contribution < 1.29 is 165 Å². The Bertz CT molecular complexity index is 3940. The number of nitrogens with one attached hydrogen (secondary N) is 2. The molecule has 10 rings (SSSR count). The van der Waals surface area contributed by atoms with Gasteiger partial charge in [-0.3, -0.25) is 25.6 Å². The molecule has 0 aliphatic heterocycles. The fourth-order valence-electron chi connectivity index (χ4n) is 6.08. The number of nitrogen functional groups attached to an aromatic ring is 5. The number of anilines is 7. The van der Waals surface area contributed by atoms with Gasteiger partial charge in [0, 0.05) is 94.9 Å². The maximum Gasteiger partial charge on any atom is 1.00 e. The number of phenols is 2. The minimum atomic E-state index is -0.750. The summed E-state index contributed by atoms with van der Waals surface area (Å²) >= 11 is 11.0. The first-order chi connectivity index (χ1) is 46.7. The third kappa shape index (κ3) is 55.1. The van der Waals surface area contributed by atoms with Crippen LogP contribution in [0.2, 0.25) is 10.0 Å². The molecule has 0 bridgehead atoms. The topological polar surface area (TPSA) is 385 Å². The summed E-state index contributed by atoms with van der Waals surface area (Å²) in [6.07, 6.45) is 12.1. The van der Waals surface area contributed by atoms with Gasteiger partial charge in [0.15, 0.2) is 0 Å². The molecule has 31 heteroatoms. The van der Waals surface area contributed by atoms with Gasteiger partial charge in [-0.15, -0.1) is 36.0 Å². The number of hydrogen-bond acceptors (Lipinski definition) is 21. The monoisotopic (exact) mass is 1560 g/mol. The number of phenolic OH excluding ortho intramolecular Hbond substituents is 2. The van der Waals surface area contributed by atoms with Crippen LogP contribution in [0.1, 0.15) is 83.1 Å². The summed E-state index contributed by atoms with van der Waals surface area (Å²) in [5.74, 6) is 3.52. The largest absolute Gasteiger partial charge is 1.00 e. The molecule has 0 radical (unpaired) electrons. The second-order valence-electron chi connectivity index (χ2n) is 24.2. The molecule has 14 N–H and O–H groups in total. The summed E-state index contributed by atoms with van der Waals surface area (Å²) in [4.78, 5) is 42.1. The number of ether oxygens (including phenoxy) is 5. The first-order valence-corrected chi connectivity index (χ1v) is 30.8. The Morgan fingerprint density at radius 1 is 0.404 bits per heavy atom. The van der Waals surface area contributed by atoms with Crippen molar-refractivity contribution in [3.63, 3.8) is 0 Å². The Labute approximate surface area is 714 Å². The molecule has 0 saturated carbocycles. The molecule has 0 spiro atoms. The molecule has 5 aromatic carbocycles. The number of nitrogens with zero attached hydrogens (tertiary/aromatic N) is 5. The summed E-state index contributed by atoms with van der Waals surface area (Å²) < 4.78 is 52.2. The van der Waals surface area contributed by atoms with E-state index in [-0.39, 0.29) is 150 Å². The molecule has 550 valence electrons. The Kier molecular flexibility index (Phi) is 50.9. The number of aromatic nitrogens is 5. The molecule has 0 saturated heterocycles. The number of carbonyl (C=O) groups is 2. The smallest absolute Gasteiger partial charge is 0.850 e. The van der Waals surface area contributed by atoms with Gasteiger partial charge in [-0.25, -0.2) is 28.3 Å². The van der Waals surface area contributed by atoms with Crippen molar-refractivity contribution in [2.24, 2.45) is 0 Å². The fraction of sp³-hybridized carbons (Fsp3) is 0.219. The van der Waals surface area contributed by atoms with E-state index in [1.807, 2.05) is 32.9 Å². The minimum absolute atomic E-state index is 0. The van der Waals surface area contributed by atoms with E-state index in [0.29, 0.717) is 51.0 Å². The summed E-state index contributed by atoms with van der Waals surface area (Å²) in [5.41, 5.74) is 26.3. The Morgan fingerprint density at radius 3 is 1.04 bits per heavy atom. The average molecular weight is 1570 g/mol. The number of halogens is 6. The maximum absolute atomic E-state index is 13.1. The number of nitrogens with two attached hydrogens (primary N) is 5. The number of aromatic hydroxyl groups is 2. The van der Waals surface area contributed by atoms with Crippen molar-refractivity contribution in [3.8, 4) is 46.0 Å². The predicted octanol–water partition coefficient (Wildman–Crippen LogP) is 10.9. The van der Waals surface area contributed by atoms with E-state index in [2.05, 4.69) is 35.6 Å². The van der Waals surface area contributed by atoms with E-state index < -0.39 is 46.2 Å². The van der Waals surface area contributed by atoms with Gasteiger partial charge in [-0.2, -0.15) is 0 Å². The van der Waals surface area contributed by atoms with Crippen LogP contribution in [0.25, 0.3) is 0 Å². The van der Waals surface area contributed by atoms with Gasteiger partial charge in [-0.05, 0) is 193 Å². The van der Waals surface area contributed by atoms with Crippen molar-refractivity contribution in [2.45, 2.75) is 105 Å². The summed E-state index contributed by atoms with van der Waals surface area (Å²) in [6.45, 7) is 20.6. The van der Waals surface area contributed by atoms with E-state index in [1.54, 1.807) is 221 Å². The van der Waals surface area contributed by atoms with Crippen LogP contribution < -0.4 is 166 Å². The van der Waals surface area contributed by atoms with Crippen LogP contribution in [0.15, 0.2) is 219 Å². The molecule has 10 aromatic rings. The zero-order valence-corrected chi connectivity index (χ0v) is 69.7. The molecule has 0 atom stereocenters. The number of benzene rings is 5. The second kappa shape index (κ2) is 52.5. The average Bonchev–Trinajstić information content (AvgIpc) is 0.918. The van der Waals surface area contributed by atoms with Gasteiger partial charge in [0.25, 0.3) is 0 Å². The van der Waals surface area contributed by atoms with Crippen LogP contribution in [0.4, 0.5) is 58.4 Å². The first kappa shape index (κ1) is 101. The van der Waals surface area contributed by atoms with Crippen LogP contribution in [-0.2, 0) is 9.47 Å². The SMILES string of the molecule is CC(C)(C)OC(=O)Nc1ccc(O)cc1.CC(C)(C)OC(=O)Nc1ccc(Oc2ccncc2)cc1.CC(C)(C)[O-].CC(C)(C)[O-].Cl.Cl.Clc1ccncc1.Nc1cc(Cl)ccn1.Nc1cc(Oc2ccc(N)c(F)c2)ccn1.Nc1ccc(O)cc1F.Nc1ccc(Oc2ccncc2)cc1.[K+].[K+]. The van der Waals surface area contributed by atoms with E-state index in [4.69, 9.17) is 85.8 Å². The standard InChI is InChI=1S/C16H18N2O3.C11H10FN3O.C11H10N2O.C11H15NO3.C6H6FNO.C5H5ClN2.C5H4ClN.2C4H9O.2ClH.2K/c1-16(2,3)21-15(19)18-12-4-6-13(7-5-12)20-14-8-10-17-11-9-14;12-9-5-7(1-2-10(9)13)16-8-3-4-15-11(14)6-8;12-9-1-3-10(4-2-9)14-11-5-7-13-8-6-11;1-11(2,3)15-10(14)12-8-4-6-9(13)7-5-8;7-5-3-4(9)1-2-6(5)8;6-4-1-2-8-5(7)3-4;6-5-1-3-7-4-2-5;2*1-4(2,3)5;;;;/h4-11H,1-3H3,(H,18,19);1-6H,13H2,(H2,14,15);1-8H,12H2;4-7,13H,1-3H3,(H,12,14);1-3,9H,8H2;1-3H,(H2,7,8);1-4H;2*1-3H3;2*1H;;/q;;;;;;;2*-1;;;2*+1. The Balaban J connectivity index is -0.00000114. The van der Waals surface area contributed by atoms with Crippen molar-refractivity contribution >= 4 is 100 Å². The quantitative estimate of drug-likeness (QED) is 0.0388. The molecular formula is C73H88Cl4F2K2N12O11. The van der Waals surface area contributed by atoms with Gasteiger partial charge >= 0.3 is 115 Å². The molecule has 0 aliphatic carbocycles. The molecule has 2 amide bonds. The van der Waals surface area contributed by atoms with E-state index in [0.717, 1.165) is 28.3 Å². The molecule has 104 heavy (non-hydrogen) atoms. The van der Waals surface area contributed by atoms with Crippen molar-refractivity contribution in [1.82, 2.24) is 24.9 Å². The van der Waals surface area contributed by atoms with Crippen LogP contribution in [0.3, 0.4) is 0 Å². The summed E-state index contributed by atoms with van der Waals surface area (Å²) in [7, 11) is 0. The third-order valence-electron chi connectivity index (χ3n) is 9.99. The van der Waals surface area contributed by atoms with Crippen LogP contribution in [0, 0.1) is 11.6 Å². The Hall–Kier alpha value is -7.40. The van der Waals surface area contributed by atoms with Crippen LogP contribution in [0.5, 0.6) is 46.0 Å². The van der Waals surface area contributed by atoms with Crippen LogP contribution in [-0.4, -0.2) is 69.7 Å². The second-order valence-corrected chi connectivity index (χ2v) is 25.0. The van der Waals surface area contributed by atoms with E-state index >= 15 is 0 Å². The zero-order valence-electron chi connectivity index (χ0n) is 60.3. The zero-order chi connectivity index (χ0) is 75.1. The first-order valence-electron chi connectivity index (χ1n) is 30.1. The van der Waals surface area contributed by atoms with Gasteiger partial charge in [-0.1, -0.05) is 64.7 Å². The van der Waals surface area contributed by atoms with Gasteiger partial charge in [0.2, 0.25) is 0 Å². The third-order valence-corrected chi connectivity index (χ3v) is 10.5. The molecule has 5 heterocycles. The number of carbonyl (C=O) groups excluding carboxylic acids is 2. The summed E-state index contributed by atoms with van der Waals surface area (Å²) in [5, 5.41) is 44.5. The molecule has 0 fully saturated rings. The van der Waals surface area contributed by atoms with Crippen molar-refractivity contribution in [1.29, 1.82) is 0 Å². The molecule has 23 nitrogen and oxygen atoms in total. The predicted molar refractivity (Wildman–Crippen MR) is 403 cm³/mol. The molecule has 5 aromatic heterocycles. The van der Waals surface area contributed by atoms with Gasteiger partial charge < -0.3 is 72.8 Å². The summed E-state index contributed by atoms with van der Waals surface area (Å²) in [6, 6.07) is 45.4. The molecule has 0 aliphatic rings. The fourth-order valence-corrected chi connectivity index (χ4v) is 6.37. The minimum Gasteiger partial charge on any atom is -0.850 e. The number of pyridine rings is 5. The van der Waals surface area contributed by atoms with Crippen molar-refractivity contribution in [3.05, 3.63) is 241 Å². The van der Waals surface area contributed by atoms with Crippen LogP contribution >= 0.6 is 48.0 Å². The van der Waals surface area contributed by atoms with E-state index in [9.17, 15) is 28.6 Å². The molecule has 0 unspecified atom stereocenters. The number of hydrogen-bond donors (Lipinski definition) is 9. The molecular weight excluding hydrogens is 1480 g/mol. The maximum atomic E-state index is 13.1. The normalized spacial score (nSPS) is 9.87. The van der Waals surface area contributed by atoms with E-state index in [1.165, 1.54) is 42.6 Å². The Morgan fingerprint density at radius 2 is 0.702 bits per heavy atom. The number of amides is 2. The number of rotatable bonds is 8. The van der Waals surface area contributed by atoms with Crippen molar-refractivity contribution in [2.75, 3.05) is 39.3 Å². The van der Waals surface area contributed by atoms with Gasteiger partial charge in [0.05, 0.1) is 11.4 Å².